The Morgan fingerprint density at radius 1 is 1.11 bits per heavy atom. The van der Waals surface area contributed by atoms with Gasteiger partial charge in [-0.3, -0.25) is 9.59 Å². The molecule has 0 spiro atoms. The van der Waals surface area contributed by atoms with Crippen molar-refractivity contribution in [2.45, 2.75) is 17.7 Å². The molecule has 0 radical (unpaired) electrons. The van der Waals surface area contributed by atoms with Crippen molar-refractivity contribution in [2.75, 3.05) is 18.4 Å². The van der Waals surface area contributed by atoms with Crippen LogP contribution in [0, 0.1) is 5.82 Å². The average Bonchev–Trinajstić information content (AvgIpc) is 2.65. The molecular weight excluding hydrogens is 373 g/mol. The SMILES string of the molecule is O=C1CCc2cc(S(=O)(=O)NCCNC(=O)c3ccccc3)c(F)cc2N1. The highest BCUT2D eigenvalue weighted by atomic mass is 32.2. The molecule has 1 aliphatic rings. The number of fused-ring (bicyclic) bond motifs is 1. The Labute approximate surface area is 156 Å². The molecule has 27 heavy (non-hydrogen) atoms. The molecule has 9 heteroatoms. The molecule has 7 nitrogen and oxygen atoms in total. The third-order valence-electron chi connectivity index (χ3n) is 4.08. The molecule has 0 atom stereocenters. The second-order valence-corrected chi connectivity index (χ2v) is 7.74. The fraction of sp³-hybridized carbons (Fsp3) is 0.222. The number of sulfonamides is 1. The first-order valence-corrected chi connectivity index (χ1v) is 9.80. The van der Waals surface area contributed by atoms with Crippen molar-refractivity contribution in [3.05, 3.63) is 59.4 Å². The number of carbonyl (C=O) groups excluding carboxylic acids is 2. The van der Waals surface area contributed by atoms with Crippen LogP contribution in [0.5, 0.6) is 0 Å². The van der Waals surface area contributed by atoms with E-state index in [-0.39, 0.29) is 37.0 Å². The first kappa shape index (κ1) is 19.0. The summed E-state index contributed by atoms with van der Waals surface area (Å²) in [5.41, 5.74) is 1.31. The summed E-state index contributed by atoms with van der Waals surface area (Å²) in [5.74, 6) is -1.51. The van der Waals surface area contributed by atoms with Crippen LogP contribution in [0.3, 0.4) is 0 Å². The van der Waals surface area contributed by atoms with Gasteiger partial charge in [-0.15, -0.1) is 0 Å². The van der Waals surface area contributed by atoms with Gasteiger partial charge in [0, 0.05) is 30.8 Å². The lowest BCUT2D eigenvalue weighted by atomic mass is 10.0. The van der Waals surface area contributed by atoms with Crippen molar-refractivity contribution >= 4 is 27.5 Å². The second-order valence-electron chi connectivity index (χ2n) is 6.01. The minimum Gasteiger partial charge on any atom is -0.351 e. The van der Waals surface area contributed by atoms with Gasteiger partial charge < -0.3 is 10.6 Å². The van der Waals surface area contributed by atoms with Gasteiger partial charge in [0.1, 0.15) is 10.7 Å². The first-order chi connectivity index (χ1) is 12.9. The molecule has 0 aromatic heterocycles. The minimum atomic E-state index is -4.09. The van der Waals surface area contributed by atoms with Gasteiger partial charge in [0.2, 0.25) is 15.9 Å². The predicted octanol–water partition coefficient (Wildman–Crippen LogP) is 1.42. The Hall–Kier alpha value is -2.78. The fourth-order valence-corrected chi connectivity index (χ4v) is 3.86. The maximum Gasteiger partial charge on any atom is 0.251 e. The summed E-state index contributed by atoms with van der Waals surface area (Å²) in [4.78, 5) is 22.8. The summed E-state index contributed by atoms with van der Waals surface area (Å²) in [6.45, 7) is -0.0380. The van der Waals surface area contributed by atoms with Gasteiger partial charge in [-0.05, 0) is 36.2 Å². The molecule has 142 valence electrons. The zero-order valence-electron chi connectivity index (χ0n) is 14.3. The van der Waals surface area contributed by atoms with Crippen LogP contribution in [0.4, 0.5) is 10.1 Å². The lowest BCUT2D eigenvalue weighted by molar-refractivity contribution is -0.116. The highest BCUT2D eigenvalue weighted by molar-refractivity contribution is 7.89. The molecule has 3 N–H and O–H groups in total. The van der Waals surface area contributed by atoms with E-state index in [1.807, 2.05) is 0 Å². The molecule has 2 aromatic rings. The van der Waals surface area contributed by atoms with Crippen molar-refractivity contribution < 1.29 is 22.4 Å². The molecule has 2 amide bonds. The van der Waals surface area contributed by atoms with E-state index in [1.165, 1.54) is 6.07 Å². The number of anilines is 1. The van der Waals surface area contributed by atoms with Crippen LogP contribution < -0.4 is 15.4 Å². The highest BCUT2D eigenvalue weighted by Gasteiger charge is 2.24. The van der Waals surface area contributed by atoms with Crippen LogP contribution in [0.2, 0.25) is 0 Å². The Morgan fingerprint density at radius 2 is 1.85 bits per heavy atom. The zero-order chi connectivity index (χ0) is 19.4. The number of amides is 2. The van der Waals surface area contributed by atoms with E-state index >= 15 is 0 Å². The average molecular weight is 391 g/mol. The van der Waals surface area contributed by atoms with E-state index in [1.54, 1.807) is 30.3 Å². The molecule has 2 aromatic carbocycles. The molecule has 0 saturated carbocycles. The van der Waals surface area contributed by atoms with Crippen LogP contribution >= 0.6 is 0 Å². The summed E-state index contributed by atoms with van der Waals surface area (Å²) in [6.07, 6.45) is 0.564. The normalized spacial score (nSPS) is 13.6. The van der Waals surface area contributed by atoms with Crippen molar-refractivity contribution in [1.29, 1.82) is 0 Å². The van der Waals surface area contributed by atoms with E-state index in [4.69, 9.17) is 0 Å². The van der Waals surface area contributed by atoms with E-state index in [2.05, 4.69) is 15.4 Å². The largest absolute Gasteiger partial charge is 0.351 e. The summed E-state index contributed by atoms with van der Waals surface area (Å²) in [6, 6.07) is 10.7. The molecule has 1 aliphatic heterocycles. The van der Waals surface area contributed by atoms with E-state index in [0.717, 1.165) is 6.07 Å². The van der Waals surface area contributed by atoms with E-state index < -0.39 is 20.7 Å². The van der Waals surface area contributed by atoms with Gasteiger partial charge in [0.25, 0.3) is 5.91 Å². The van der Waals surface area contributed by atoms with Crippen LogP contribution in [0.15, 0.2) is 47.4 Å². The number of hydrogen-bond acceptors (Lipinski definition) is 4. The molecule has 0 fully saturated rings. The van der Waals surface area contributed by atoms with Gasteiger partial charge in [-0.1, -0.05) is 18.2 Å². The summed E-state index contributed by atoms with van der Waals surface area (Å²) >= 11 is 0. The van der Waals surface area contributed by atoms with Gasteiger partial charge in [-0.25, -0.2) is 17.5 Å². The standard InChI is InChI=1S/C18H18FN3O4S/c19-14-11-15-13(6-7-17(23)22-15)10-16(14)27(25,26)21-9-8-20-18(24)12-4-2-1-3-5-12/h1-5,10-11,21H,6-9H2,(H,20,24)(H,22,23). The van der Waals surface area contributed by atoms with E-state index in [9.17, 15) is 22.4 Å². The molecule has 0 unspecified atom stereocenters. The lowest BCUT2D eigenvalue weighted by Gasteiger charge is -2.18. The minimum absolute atomic E-state index is 0.0512. The summed E-state index contributed by atoms with van der Waals surface area (Å²) in [7, 11) is -4.09. The third kappa shape index (κ3) is 4.50. The fourth-order valence-electron chi connectivity index (χ4n) is 2.72. The molecule has 1 heterocycles. The topological polar surface area (TPSA) is 104 Å². The highest BCUT2D eigenvalue weighted by Crippen LogP contribution is 2.27. The number of hydrogen-bond donors (Lipinski definition) is 3. The maximum absolute atomic E-state index is 14.2. The predicted molar refractivity (Wildman–Crippen MR) is 97.3 cm³/mol. The van der Waals surface area contributed by atoms with Crippen LogP contribution in [-0.2, 0) is 21.2 Å². The van der Waals surface area contributed by atoms with E-state index in [0.29, 0.717) is 17.5 Å². The molecule has 0 bridgehead atoms. The van der Waals surface area contributed by atoms with Crippen LogP contribution in [0.1, 0.15) is 22.3 Å². The molecular formula is C18H18FN3O4S. The van der Waals surface area contributed by atoms with Crippen molar-refractivity contribution in [1.82, 2.24) is 10.0 Å². The number of halogens is 1. The van der Waals surface area contributed by atoms with Gasteiger partial charge in [-0.2, -0.15) is 0 Å². The Balaban J connectivity index is 1.62. The van der Waals surface area contributed by atoms with Crippen LogP contribution in [-0.4, -0.2) is 33.3 Å². The van der Waals surface area contributed by atoms with Crippen molar-refractivity contribution in [3.63, 3.8) is 0 Å². The van der Waals surface area contributed by atoms with Crippen molar-refractivity contribution in [3.8, 4) is 0 Å². The van der Waals surface area contributed by atoms with Gasteiger partial charge >= 0.3 is 0 Å². The van der Waals surface area contributed by atoms with Crippen molar-refractivity contribution in [2.24, 2.45) is 0 Å². The monoisotopic (exact) mass is 391 g/mol. The Kier molecular flexibility index (Phi) is 5.52. The number of benzene rings is 2. The Morgan fingerprint density at radius 3 is 2.59 bits per heavy atom. The summed E-state index contributed by atoms with van der Waals surface area (Å²) in [5, 5.41) is 5.10. The molecule has 0 saturated heterocycles. The molecule has 3 rings (SSSR count). The summed E-state index contributed by atoms with van der Waals surface area (Å²) < 4.78 is 41.2. The zero-order valence-corrected chi connectivity index (χ0v) is 15.1. The first-order valence-electron chi connectivity index (χ1n) is 8.32. The van der Waals surface area contributed by atoms with Gasteiger partial charge in [0.05, 0.1) is 0 Å². The lowest BCUT2D eigenvalue weighted by Crippen LogP contribution is -2.35. The number of aryl methyl sites for hydroxylation is 1. The maximum atomic E-state index is 14.2. The Bertz CT molecular complexity index is 978. The molecule has 0 aliphatic carbocycles. The number of nitrogens with one attached hydrogen (secondary N) is 3. The quantitative estimate of drug-likeness (QED) is 0.648. The number of carbonyl (C=O) groups is 2. The third-order valence-corrected chi connectivity index (χ3v) is 5.56. The number of rotatable bonds is 6. The smallest absolute Gasteiger partial charge is 0.251 e. The second kappa shape index (κ2) is 7.85. The van der Waals surface area contributed by atoms with Gasteiger partial charge in [0.15, 0.2) is 0 Å². The van der Waals surface area contributed by atoms with Crippen LogP contribution in [0.25, 0.3) is 0 Å².